The zero-order valence-corrected chi connectivity index (χ0v) is 13.5. The van der Waals surface area contributed by atoms with Gasteiger partial charge in [-0.25, -0.2) is 0 Å². The van der Waals surface area contributed by atoms with E-state index < -0.39 is 5.54 Å². The minimum absolute atomic E-state index is 0. The van der Waals surface area contributed by atoms with Gasteiger partial charge >= 0.3 is 0 Å². The summed E-state index contributed by atoms with van der Waals surface area (Å²) in [6.07, 6.45) is 1.39. The summed E-state index contributed by atoms with van der Waals surface area (Å²) < 4.78 is 0.328. The van der Waals surface area contributed by atoms with Crippen LogP contribution in [0.3, 0.4) is 0 Å². The van der Waals surface area contributed by atoms with Gasteiger partial charge in [0.25, 0.3) is 11.5 Å². The summed E-state index contributed by atoms with van der Waals surface area (Å²) in [7, 11) is 0. The molecule has 1 amide bonds. The molecule has 7 heteroatoms. The van der Waals surface area contributed by atoms with Gasteiger partial charge in [-0.2, -0.15) is 0 Å². The van der Waals surface area contributed by atoms with Gasteiger partial charge in [0.05, 0.1) is 15.6 Å². The fourth-order valence-corrected chi connectivity index (χ4v) is 1.71. The van der Waals surface area contributed by atoms with Crippen LogP contribution in [0.5, 0.6) is 0 Å². The van der Waals surface area contributed by atoms with Crippen LogP contribution in [0, 0.1) is 5.92 Å². The van der Waals surface area contributed by atoms with Crippen molar-refractivity contribution in [3.8, 4) is 0 Å². The van der Waals surface area contributed by atoms with Crippen molar-refractivity contribution in [3.63, 3.8) is 0 Å². The van der Waals surface area contributed by atoms with E-state index in [4.69, 9.17) is 5.73 Å². The van der Waals surface area contributed by atoms with E-state index in [0.29, 0.717) is 16.6 Å². The summed E-state index contributed by atoms with van der Waals surface area (Å²) in [6, 6.07) is 1.49. The van der Waals surface area contributed by atoms with Crippen molar-refractivity contribution < 1.29 is 4.79 Å². The molecule has 0 saturated carbocycles. The number of carbonyl (C=O) groups excluding carboxylic acids is 1. The Hall–Kier alpha value is -0.850. The van der Waals surface area contributed by atoms with E-state index >= 15 is 0 Å². The number of rotatable bonds is 4. The number of carbonyl (C=O) groups is 1. The number of nitrogens with one attached hydrogen (secondary N) is 2. The zero-order chi connectivity index (χ0) is 13.9. The highest BCUT2D eigenvalue weighted by atomic mass is 79.9. The third kappa shape index (κ3) is 4.33. The standard InChI is InChI=1S/C12H18BrN3O2.ClH/c1-7(2)12(3,6-14)16-10(17)8-4-9(13)11(18)15-5-8;/h4-5,7H,6,14H2,1-3H3,(H,15,18)(H,16,17);1H. The Morgan fingerprint density at radius 2 is 2.16 bits per heavy atom. The van der Waals surface area contributed by atoms with Crippen molar-refractivity contribution in [2.24, 2.45) is 11.7 Å². The first-order valence-electron chi connectivity index (χ1n) is 5.71. The summed E-state index contributed by atoms with van der Waals surface area (Å²) in [4.78, 5) is 25.8. The van der Waals surface area contributed by atoms with Crippen LogP contribution in [-0.2, 0) is 0 Å². The zero-order valence-electron chi connectivity index (χ0n) is 11.1. The van der Waals surface area contributed by atoms with E-state index in [1.54, 1.807) is 0 Å². The average molecular weight is 353 g/mol. The molecule has 19 heavy (non-hydrogen) atoms. The van der Waals surface area contributed by atoms with Crippen LogP contribution in [0.4, 0.5) is 0 Å². The third-order valence-electron chi connectivity index (χ3n) is 3.22. The maximum Gasteiger partial charge on any atom is 0.262 e. The third-order valence-corrected chi connectivity index (χ3v) is 3.81. The Morgan fingerprint density at radius 1 is 1.58 bits per heavy atom. The molecule has 4 N–H and O–H groups in total. The van der Waals surface area contributed by atoms with Gasteiger partial charge in [-0.05, 0) is 34.8 Å². The molecular formula is C12H19BrClN3O2. The first-order valence-corrected chi connectivity index (χ1v) is 6.50. The molecule has 0 fully saturated rings. The van der Waals surface area contributed by atoms with Crippen LogP contribution in [0.15, 0.2) is 21.5 Å². The lowest BCUT2D eigenvalue weighted by molar-refractivity contribution is 0.0882. The molecule has 1 unspecified atom stereocenters. The molecule has 1 aromatic rings. The molecule has 5 nitrogen and oxygen atoms in total. The fourth-order valence-electron chi connectivity index (χ4n) is 1.35. The average Bonchev–Trinajstić information content (AvgIpc) is 2.32. The van der Waals surface area contributed by atoms with Crippen LogP contribution < -0.4 is 16.6 Å². The first kappa shape index (κ1) is 18.1. The number of amides is 1. The second kappa shape index (κ2) is 7.07. The largest absolute Gasteiger partial charge is 0.345 e. The summed E-state index contributed by atoms with van der Waals surface area (Å²) in [6.45, 7) is 6.24. The first-order chi connectivity index (χ1) is 8.30. The number of halogens is 2. The Morgan fingerprint density at radius 3 is 2.58 bits per heavy atom. The van der Waals surface area contributed by atoms with Gasteiger partial charge < -0.3 is 16.0 Å². The molecule has 1 heterocycles. The van der Waals surface area contributed by atoms with Crippen molar-refractivity contribution in [2.45, 2.75) is 26.3 Å². The predicted octanol–water partition coefficient (Wildman–Crippen LogP) is 1.66. The molecule has 1 rings (SSSR count). The molecule has 1 atom stereocenters. The van der Waals surface area contributed by atoms with Crippen molar-refractivity contribution in [3.05, 3.63) is 32.7 Å². The Labute approximate surface area is 126 Å². The normalized spacial score (nSPS) is 13.6. The van der Waals surface area contributed by atoms with Crippen LogP contribution in [0.25, 0.3) is 0 Å². The SMILES string of the molecule is CC(C)C(C)(CN)NC(=O)c1c[nH]c(=O)c(Br)c1.Cl. The Balaban J connectivity index is 0.00000324. The maximum atomic E-state index is 12.1. The quantitative estimate of drug-likeness (QED) is 0.770. The van der Waals surface area contributed by atoms with Gasteiger partial charge in [-0.1, -0.05) is 13.8 Å². The lowest BCUT2D eigenvalue weighted by Crippen LogP contribution is -2.55. The molecule has 0 aliphatic rings. The molecule has 0 spiro atoms. The number of aromatic nitrogens is 1. The van der Waals surface area contributed by atoms with Crippen molar-refractivity contribution in [2.75, 3.05) is 6.54 Å². The number of nitrogens with two attached hydrogens (primary N) is 1. The number of hydrogen-bond acceptors (Lipinski definition) is 3. The topological polar surface area (TPSA) is 88.0 Å². The number of pyridine rings is 1. The van der Waals surface area contributed by atoms with E-state index in [0.717, 1.165) is 0 Å². The second-order valence-electron chi connectivity index (χ2n) is 4.80. The minimum atomic E-state index is -0.473. The summed E-state index contributed by atoms with van der Waals surface area (Å²) in [5.41, 5.74) is 5.36. The molecule has 0 aliphatic heterocycles. The number of H-pyrrole nitrogens is 1. The van der Waals surface area contributed by atoms with E-state index in [1.165, 1.54) is 12.3 Å². The van der Waals surface area contributed by atoms with Gasteiger partial charge in [-0.15, -0.1) is 12.4 Å². The fraction of sp³-hybridized carbons (Fsp3) is 0.500. The van der Waals surface area contributed by atoms with E-state index in [2.05, 4.69) is 26.2 Å². The number of aromatic amines is 1. The van der Waals surface area contributed by atoms with Crippen LogP contribution in [-0.4, -0.2) is 23.0 Å². The van der Waals surface area contributed by atoms with Gasteiger partial charge in [-0.3, -0.25) is 9.59 Å². The van der Waals surface area contributed by atoms with E-state index in [9.17, 15) is 9.59 Å². The molecule has 0 radical (unpaired) electrons. The van der Waals surface area contributed by atoms with Crippen molar-refractivity contribution >= 4 is 34.2 Å². The van der Waals surface area contributed by atoms with Gasteiger partial charge in [0, 0.05) is 12.7 Å². The predicted molar refractivity (Wildman–Crippen MR) is 81.8 cm³/mol. The second-order valence-corrected chi connectivity index (χ2v) is 5.65. The van der Waals surface area contributed by atoms with E-state index in [1.807, 2.05) is 20.8 Å². The monoisotopic (exact) mass is 351 g/mol. The van der Waals surface area contributed by atoms with Crippen LogP contribution in [0.2, 0.25) is 0 Å². The number of hydrogen-bond donors (Lipinski definition) is 3. The smallest absolute Gasteiger partial charge is 0.262 e. The molecular weight excluding hydrogens is 334 g/mol. The van der Waals surface area contributed by atoms with Gasteiger partial charge in [0.2, 0.25) is 0 Å². The van der Waals surface area contributed by atoms with Crippen molar-refractivity contribution in [1.82, 2.24) is 10.3 Å². The Kier molecular flexibility index (Phi) is 6.76. The molecule has 0 aliphatic carbocycles. The molecule has 1 aromatic heterocycles. The molecule has 0 aromatic carbocycles. The Bertz CT molecular complexity index is 504. The summed E-state index contributed by atoms with van der Waals surface area (Å²) in [5, 5.41) is 2.90. The molecule has 108 valence electrons. The van der Waals surface area contributed by atoms with Gasteiger partial charge in [0.15, 0.2) is 0 Å². The van der Waals surface area contributed by atoms with Crippen molar-refractivity contribution in [1.29, 1.82) is 0 Å². The minimum Gasteiger partial charge on any atom is -0.345 e. The van der Waals surface area contributed by atoms with Gasteiger partial charge in [0.1, 0.15) is 0 Å². The highest BCUT2D eigenvalue weighted by molar-refractivity contribution is 9.10. The van der Waals surface area contributed by atoms with Crippen LogP contribution in [0.1, 0.15) is 31.1 Å². The molecule has 0 bridgehead atoms. The summed E-state index contributed by atoms with van der Waals surface area (Å²) in [5.74, 6) is -0.0498. The molecule has 0 saturated heterocycles. The lowest BCUT2D eigenvalue weighted by atomic mass is 9.88. The van der Waals surface area contributed by atoms with Crippen LogP contribution >= 0.6 is 28.3 Å². The highest BCUT2D eigenvalue weighted by Gasteiger charge is 2.29. The van der Waals surface area contributed by atoms with E-state index in [-0.39, 0.29) is 29.8 Å². The lowest BCUT2D eigenvalue weighted by Gasteiger charge is -2.33. The highest BCUT2D eigenvalue weighted by Crippen LogP contribution is 2.16. The summed E-state index contributed by atoms with van der Waals surface area (Å²) >= 11 is 3.09. The maximum absolute atomic E-state index is 12.1.